The summed E-state index contributed by atoms with van der Waals surface area (Å²) in [6.07, 6.45) is -3.26. The van der Waals surface area contributed by atoms with Crippen LogP contribution in [0.1, 0.15) is 5.56 Å². The number of alkyl halides is 3. The number of anilines is 1. The highest BCUT2D eigenvalue weighted by molar-refractivity contribution is 7.80. The summed E-state index contributed by atoms with van der Waals surface area (Å²) >= 11 is 4.53. The van der Waals surface area contributed by atoms with Crippen molar-refractivity contribution in [3.05, 3.63) is 42.5 Å². The molecule has 1 aromatic carbocycles. The van der Waals surface area contributed by atoms with E-state index in [1.165, 1.54) is 12.1 Å². The molecule has 0 saturated carbocycles. The topological polar surface area (TPSA) is 81.1 Å². The average molecular weight is 291 g/mol. The quantitative estimate of drug-likeness (QED) is 0.575. The van der Waals surface area contributed by atoms with Gasteiger partial charge >= 0.3 is 6.18 Å². The van der Waals surface area contributed by atoms with Crippen molar-refractivity contribution in [1.29, 1.82) is 0 Å². The number of carbonyl (C=O) groups excluding carboxylic acids is 1. The van der Waals surface area contributed by atoms with Gasteiger partial charge in [0.25, 0.3) is 0 Å². The number of nitrogens with two attached hydrogens (primary N) is 2. The molecule has 4 nitrogen and oxygen atoms in total. The van der Waals surface area contributed by atoms with E-state index >= 15 is 0 Å². The third-order valence-corrected chi connectivity index (χ3v) is 1.78. The molecule has 0 fully saturated rings. The lowest BCUT2D eigenvalue weighted by molar-refractivity contribution is -0.137. The molecule has 1 rings (SSSR count). The van der Waals surface area contributed by atoms with Crippen LogP contribution in [-0.2, 0) is 11.0 Å². The van der Waals surface area contributed by atoms with Gasteiger partial charge in [-0.2, -0.15) is 13.2 Å². The van der Waals surface area contributed by atoms with Crippen molar-refractivity contribution in [2.24, 2.45) is 11.5 Å². The molecule has 0 aliphatic rings. The second-order valence-electron chi connectivity index (χ2n) is 3.17. The summed E-state index contributed by atoms with van der Waals surface area (Å²) in [6.45, 7) is 3.09. The number of amides is 1. The van der Waals surface area contributed by atoms with Crippen molar-refractivity contribution in [2.75, 3.05) is 5.32 Å². The first kappa shape index (κ1) is 16.9. The largest absolute Gasteiger partial charge is 0.416 e. The van der Waals surface area contributed by atoms with Crippen LogP contribution in [0.3, 0.4) is 0 Å². The Balaban J connectivity index is 0.000000555. The van der Waals surface area contributed by atoms with E-state index in [1.807, 2.05) is 0 Å². The Morgan fingerprint density at radius 3 is 1.95 bits per heavy atom. The molecule has 0 bridgehead atoms. The van der Waals surface area contributed by atoms with E-state index in [9.17, 15) is 18.0 Å². The normalized spacial score (nSPS) is 9.84. The number of rotatable bonds is 2. The van der Waals surface area contributed by atoms with Gasteiger partial charge in [-0.15, -0.1) is 0 Å². The van der Waals surface area contributed by atoms with Crippen LogP contribution in [-0.4, -0.2) is 11.0 Å². The van der Waals surface area contributed by atoms with Crippen molar-refractivity contribution in [3.63, 3.8) is 0 Å². The second kappa shape index (κ2) is 7.37. The van der Waals surface area contributed by atoms with Crippen LogP contribution in [0, 0.1) is 0 Å². The predicted octanol–water partition coefficient (Wildman–Crippen LogP) is 2.02. The molecule has 0 spiro atoms. The number of hydrogen-bond acceptors (Lipinski definition) is 2. The Kier molecular flexibility index (Phi) is 6.56. The van der Waals surface area contributed by atoms with Gasteiger partial charge in [-0.05, 0) is 42.6 Å². The summed E-state index contributed by atoms with van der Waals surface area (Å²) in [5.74, 6) is -0.481. The third-order valence-electron chi connectivity index (χ3n) is 1.68. The molecule has 1 amide bonds. The number of primary amides is 1. The van der Waals surface area contributed by atoms with E-state index in [0.717, 1.165) is 18.2 Å². The van der Waals surface area contributed by atoms with Gasteiger partial charge in [0, 0.05) is 5.69 Å². The van der Waals surface area contributed by atoms with E-state index in [4.69, 9.17) is 5.73 Å². The van der Waals surface area contributed by atoms with Gasteiger partial charge in [-0.3, -0.25) is 4.79 Å². The van der Waals surface area contributed by atoms with Crippen LogP contribution in [0.5, 0.6) is 0 Å². The first-order chi connectivity index (χ1) is 8.66. The fraction of sp³-hybridized carbons (Fsp3) is 0.0909. The van der Waals surface area contributed by atoms with Gasteiger partial charge in [0.2, 0.25) is 5.91 Å². The molecule has 0 unspecified atom stereocenters. The van der Waals surface area contributed by atoms with E-state index in [0.29, 0.717) is 5.69 Å². The predicted molar refractivity (Wildman–Crippen MR) is 71.2 cm³/mol. The summed E-state index contributed by atoms with van der Waals surface area (Å²) in [4.78, 5) is 9.47. The van der Waals surface area contributed by atoms with Crippen molar-refractivity contribution >= 4 is 28.9 Å². The van der Waals surface area contributed by atoms with Crippen molar-refractivity contribution in [1.82, 2.24) is 0 Å². The molecular formula is C11H12F3N3OS. The molecule has 0 heterocycles. The van der Waals surface area contributed by atoms with Crippen LogP contribution in [0.2, 0.25) is 0 Å². The highest BCUT2D eigenvalue weighted by atomic mass is 32.1. The molecule has 0 aromatic heterocycles. The Morgan fingerprint density at radius 1 is 1.26 bits per heavy atom. The SMILES string of the molecule is C=CC(N)=O.NC(=S)Nc1ccc(C(F)(F)F)cc1. The Labute approximate surface area is 113 Å². The lowest BCUT2D eigenvalue weighted by Gasteiger charge is -2.08. The highest BCUT2D eigenvalue weighted by Crippen LogP contribution is 2.29. The fourth-order valence-electron chi connectivity index (χ4n) is 0.885. The molecular weight excluding hydrogens is 279 g/mol. The van der Waals surface area contributed by atoms with Crippen LogP contribution in [0.4, 0.5) is 18.9 Å². The standard InChI is InChI=1S/C8H7F3N2S.C3H5NO/c9-8(10,11)5-1-3-6(4-2-5)13-7(12)14;1-2-3(4)5/h1-4H,(H3,12,13,14);2H,1H2,(H2,4,5). The van der Waals surface area contributed by atoms with Crippen molar-refractivity contribution in [2.45, 2.75) is 6.18 Å². The van der Waals surface area contributed by atoms with Crippen LogP contribution >= 0.6 is 12.2 Å². The summed E-state index contributed by atoms with van der Waals surface area (Å²) in [5.41, 5.74) is 9.41. The summed E-state index contributed by atoms with van der Waals surface area (Å²) < 4.78 is 36.3. The average Bonchev–Trinajstić information content (AvgIpc) is 2.28. The monoisotopic (exact) mass is 291 g/mol. The molecule has 0 atom stereocenters. The van der Waals surface area contributed by atoms with Gasteiger partial charge in [0.15, 0.2) is 5.11 Å². The zero-order chi connectivity index (χ0) is 15.1. The second-order valence-corrected chi connectivity index (χ2v) is 3.61. The molecule has 1 aromatic rings. The van der Waals surface area contributed by atoms with Gasteiger partial charge in [-0.25, -0.2) is 0 Å². The first-order valence-electron chi connectivity index (χ1n) is 4.82. The van der Waals surface area contributed by atoms with Crippen LogP contribution in [0.25, 0.3) is 0 Å². The summed E-state index contributed by atoms with van der Waals surface area (Å²) in [6, 6.07) is 4.45. The van der Waals surface area contributed by atoms with E-state index < -0.39 is 17.6 Å². The Morgan fingerprint density at radius 2 is 1.68 bits per heavy atom. The maximum Gasteiger partial charge on any atom is 0.416 e. The highest BCUT2D eigenvalue weighted by Gasteiger charge is 2.29. The van der Waals surface area contributed by atoms with Gasteiger partial charge < -0.3 is 16.8 Å². The number of halogens is 3. The van der Waals surface area contributed by atoms with E-state index in [2.05, 4.69) is 29.8 Å². The first-order valence-corrected chi connectivity index (χ1v) is 5.23. The minimum Gasteiger partial charge on any atom is -0.376 e. The lowest BCUT2D eigenvalue weighted by Crippen LogP contribution is -2.18. The minimum absolute atomic E-state index is 0.0183. The van der Waals surface area contributed by atoms with Crippen molar-refractivity contribution < 1.29 is 18.0 Å². The molecule has 8 heteroatoms. The van der Waals surface area contributed by atoms with Crippen LogP contribution < -0.4 is 16.8 Å². The molecule has 19 heavy (non-hydrogen) atoms. The fourth-order valence-corrected chi connectivity index (χ4v) is 1.00. The van der Waals surface area contributed by atoms with E-state index in [1.54, 1.807) is 0 Å². The molecule has 0 aliphatic heterocycles. The summed E-state index contributed by atoms with van der Waals surface area (Å²) in [5, 5.41) is 2.54. The maximum absolute atomic E-state index is 12.1. The van der Waals surface area contributed by atoms with Crippen LogP contribution in [0.15, 0.2) is 36.9 Å². The molecule has 5 N–H and O–H groups in total. The van der Waals surface area contributed by atoms with Gasteiger partial charge in [0.05, 0.1) is 5.56 Å². The number of nitrogens with one attached hydrogen (secondary N) is 1. The molecule has 0 aliphatic carbocycles. The molecule has 104 valence electrons. The number of thiocarbonyl (C=S) groups is 1. The lowest BCUT2D eigenvalue weighted by atomic mass is 10.2. The van der Waals surface area contributed by atoms with Gasteiger partial charge in [0.1, 0.15) is 0 Å². The Bertz CT molecular complexity index is 457. The minimum atomic E-state index is -4.32. The summed E-state index contributed by atoms with van der Waals surface area (Å²) in [7, 11) is 0. The number of benzene rings is 1. The van der Waals surface area contributed by atoms with E-state index in [-0.39, 0.29) is 5.11 Å². The third kappa shape index (κ3) is 7.77. The Hall–Kier alpha value is -2.09. The van der Waals surface area contributed by atoms with Gasteiger partial charge in [-0.1, -0.05) is 6.58 Å². The zero-order valence-electron chi connectivity index (χ0n) is 9.70. The number of carbonyl (C=O) groups is 1. The zero-order valence-corrected chi connectivity index (χ0v) is 10.5. The number of hydrogen-bond donors (Lipinski definition) is 3. The smallest absolute Gasteiger partial charge is 0.376 e. The molecule has 0 radical (unpaired) electrons. The maximum atomic E-state index is 12.1. The molecule has 0 saturated heterocycles. The van der Waals surface area contributed by atoms with Crippen molar-refractivity contribution in [3.8, 4) is 0 Å².